The number of aromatic nitrogens is 1. The molecular formula is C13H10ClNO. The van der Waals surface area contributed by atoms with Crippen molar-refractivity contribution in [1.82, 2.24) is 4.98 Å². The van der Waals surface area contributed by atoms with Crippen LogP contribution in [0.3, 0.4) is 0 Å². The summed E-state index contributed by atoms with van der Waals surface area (Å²) >= 11 is 5.76. The fraction of sp³-hybridized carbons (Fsp3) is 0.0769. The van der Waals surface area contributed by atoms with Crippen LogP contribution in [0.2, 0.25) is 5.02 Å². The van der Waals surface area contributed by atoms with Crippen molar-refractivity contribution in [2.24, 2.45) is 0 Å². The Kier molecular flexibility index (Phi) is 3.02. The van der Waals surface area contributed by atoms with Gasteiger partial charge in [0, 0.05) is 28.5 Å². The van der Waals surface area contributed by atoms with Crippen LogP contribution in [0.4, 0.5) is 0 Å². The predicted octanol–water partition coefficient (Wildman–Crippen LogP) is 3.27. The van der Waals surface area contributed by atoms with Crippen molar-refractivity contribution in [3.8, 4) is 0 Å². The average molecular weight is 232 g/mol. The Balaban J connectivity index is 2.35. The second-order valence-electron chi connectivity index (χ2n) is 3.59. The SMILES string of the molecule is Cc1cncc(C(=O)c2ccc(Cl)cc2)c1. The maximum atomic E-state index is 12.0. The molecule has 1 heterocycles. The van der Waals surface area contributed by atoms with E-state index in [0.717, 1.165) is 5.56 Å². The van der Waals surface area contributed by atoms with Crippen LogP contribution >= 0.6 is 11.6 Å². The Morgan fingerprint density at radius 2 is 1.81 bits per heavy atom. The molecule has 0 N–H and O–H groups in total. The Labute approximate surface area is 98.9 Å². The van der Waals surface area contributed by atoms with Crippen molar-refractivity contribution >= 4 is 17.4 Å². The van der Waals surface area contributed by atoms with Gasteiger partial charge in [0.05, 0.1) is 0 Å². The minimum absolute atomic E-state index is 0.0344. The molecule has 0 aliphatic carbocycles. The number of aryl methyl sites for hydroxylation is 1. The Hall–Kier alpha value is -1.67. The molecule has 0 bridgehead atoms. The summed E-state index contributed by atoms with van der Waals surface area (Å²) in [5.74, 6) is -0.0344. The molecule has 0 atom stereocenters. The zero-order chi connectivity index (χ0) is 11.5. The molecule has 2 rings (SSSR count). The van der Waals surface area contributed by atoms with E-state index in [-0.39, 0.29) is 5.78 Å². The third-order valence-electron chi connectivity index (χ3n) is 2.24. The first-order valence-corrected chi connectivity index (χ1v) is 5.26. The number of carbonyl (C=O) groups excluding carboxylic acids is 1. The molecule has 0 radical (unpaired) electrons. The molecule has 2 aromatic rings. The second-order valence-corrected chi connectivity index (χ2v) is 4.02. The Bertz CT molecular complexity index is 520. The molecule has 0 aliphatic heterocycles. The van der Waals surface area contributed by atoms with Crippen LogP contribution in [-0.2, 0) is 0 Å². The van der Waals surface area contributed by atoms with E-state index in [1.54, 1.807) is 36.7 Å². The zero-order valence-corrected chi connectivity index (χ0v) is 9.53. The van der Waals surface area contributed by atoms with Gasteiger partial charge in [-0.3, -0.25) is 9.78 Å². The number of halogens is 1. The van der Waals surface area contributed by atoms with Gasteiger partial charge in [-0.05, 0) is 42.8 Å². The van der Waals surface area contributed by atoms with Gasteiger partial charge in [0.2, 0.25) is 0 Å². The van der Waals surface area contributed by atoms with E-state index in [0.29, 0.717) is 16.1 Å². The van der Waals surface area contributed by atoms with Crippen molar-refractivity contribution < 1.29 is 4.79 Å². The standard InChI is InChI=1S/C13H10ClNO/c1-9-6-11(8-15-7-9)13(16)10-2-4-12(14)5-3-10/h2-8H,1H3. The summed E-state index contributed by atoms with van der Waals surface area (Å²) in [6.07, 6.45) is 3.29. The lowest BCUT2D eigenvalue weighted by molar-refractivity contribution is 0.103. The monoisotopic (exact) mass is 231 g/mol. The quantitative estimate of drug-likeness (QED) is 0.743. The fourth-order valence-electron chi connectivity index (χ4n) is 1.45. The molecule has 0 unspecified atom stereocenters. The molecule has 1 aromatic carbocycles. The van der Waals surface area contributed by atoms with Gasteiger partial charge in [-0.1, -0.05) is 11.6 Å². The Morgan fingerprint density at radius 1 is 1.12 bits per heavy atom. The van der Waals surface area contributed by atoms with Gasteiger partial charge in [-0.2, -0.15) is 0 Å². The van der Waals surface area contributed by atoms with E-state index < -0.39 is 0 Å². The molecule has 2 nitrogen and oxygen atoms in total. The van der Waals surface area contributed by atoms with Crippen LogP contribution in [0.25, 0.3) is 0 Å². The fourth-order valence-corrected chi connectivity index (χ4v) is 1.57. The zero-order valence-electron chi connectivity index (χ0n) is 8.77. The molecule has 3 heteroatoms. The van der Waals surface area contributed by atoms with Gasteiger partial charge in [0.15, 0.2) is 5.78 Å². The number of benzene rings is 1. The minimum Gasteiger partial charge on any atom is -0.289 e. The van der Waals surface area contributed by atoms with Crippen LogP contribution in [0.15, 0.2) is 42.7 Å². The van der Waals surface area contributed by atoms with Crippen molar-refractivity contribution in [2.75, 3.05) is 0 Å². The predicted molar refractivity (Wildman–Crippen MR) is 63.9 cm³/mol. The van der Waals surface area contributed by atoms with Crippen LogP contribution < -0.4 is 0 Å². The molecule has 0 saturated carbocycles. The summed E-state index contributed by atoms with van der Waals surface area (Å²) in [5.41, 5.74) is 2.19. The lowest BCUT2D eigenvalue weighted by Crippen LogP contribution is -2.01. The minimum atomic E-state index is -0.0344. The third kappa shape index (κ3) is 2.28. The summed E-state index contributed by atoms with van der Waals surface area (Å²) in [4.78, 5) is 16.0. The largest absolute Gasteiger partial charge is 0.289 e. The highest BCUT2D eigenvalue weighted by Gasteiger charge is 2.08. The number of carbonyl (C=O) groups is 1. The summed E-state index contributed by atoms with van der Waals surface area (Å²) < 4.78 is 0. The number of pyridine rings is 1. The number of hydrogen-bond acceptors (Lipinski definition) is 2. The topological polar surface area (TPSA) is 30.0 Å². The van der Waals surface area contributed by atoms with Crippen molar-refractivity contribution in [1.29, 1.82) is 0 Å². The first kappa shape index (κ1) is 10.8. The van der Waals surface area contributed by atoms with Gasteiger partial charge in [0.25, 0.3) is 0 Å². The third-order valence-corrected chi connectivity index (χ3v) is 2.50. The highest BCUT2D eigenvalue weighted by Crippen LogP contribution is 2.13. The molecule has 0 spiro atoms. The van der Waals surface area contributed by atoms with Gasteiger partial charge >= 0.3 is 0 Å². The van der Waals surface area contributed by atoms with E-state index in [4.69, 9.17) is 11.6 Å². The second kappa shape index (κ2) is 4.45. The molecule has 0 amide bonds. The number of rotatable bonds is 2. The van der Waals surface area contributed by atoms with Gasteiger partial charge in [-0.25, -0.2) is 0 Å². The van der Waals surface area contributed by atoms with Gasteiger partial charge in [-0.15, -0.1) is 0 Å². The molecular weight excluding hydrogens is 222 g/mol. The van der Waals surface area contributed by atoms with E-state index in [1.165, 1.54) is 0 Å². The number of nitrogens with zero attached hydrogens (tertiary/aromatic N) is 1. The van der Waals surface area contributed by atoms with E-state index in [2.05, 4.69) is 4.98 Å². The molecule has 0 saturated heterocycles. The highest BCUT2D eigenvalue weighted by atomic mass is 35.5. The lowest BCUT2D eigenvalue weighted by atomic mass is 10.0. The van der Waals surface area contributed by atoms with Crippen LogP contribution in [-0.4, -0.2) is 10.8 Å². The van der Waals surface area contributed by atoms with Crippen molar-refractivity contribution in [3.05, 3.63) is 64.4 Å². The van der Waals surface area contributed by atoms with E-state index in [1.807, 2.05) is 13.0 Å². The summed E-state index contributed by atoms with van der Waals surface area (Å²) in [6.45, 7) is 1.91. The molecule has 16 heavy (non-hydrogen) atoms. The van der Waals surface area contributed by atoms with Crippen molar-refractivity contribution in [3.63, 3.8) is 0 Å². The maximum Gasteiger partial charge on any atom is 0.194 e. The smallest absolute Gasteiger partial charge is 0.194 e. The summed E-state index contributed by atoms with van der Waals surface area (Å²) in [5, 5.41) is 0.624. The van der Waals surface area contributed by atoms with E-state index in [9.17, 15) is 4.79 Å². The van der Waals surface area contributed by atoms with Crippen LogP contribution in [0.1, 0.15) is 21.5 Å². The molecule has 1 aromatic heterocycles. The normalized spacial score (nSPS) is 10.1. The summed E-state index contributed by atoms with van der Waals surface area (Å²) in [7, 11) is 0. The van der Waals surface area contributed by atoms with Gasteiger partial charge in [0.1, 0.15) is 0 Å². The maximum absolute atomic E-state index is 12.0. The first-order chi connectivity index (χ1) is 7.66. The summed E-state index contributed by atoms with van der Waals surface area (Å²) in [6, 6.07) is 8.67. The van der Waals surface area contributed by atoms with Gasteiger partial charge < -0.3 is 0 Å². The number of ketones is 1. The highest BCUT2D eigenvalue weighted by molar-refractivity contribution is 6.30. The van der Waals surface area contributed by atoms with Crippen LogP contribution in [0.5, 0.6) is 0 Å². The van der Waals surface area contributed by atoms with Crippen molar-refractivity contribution in [2.45, 2.75) is 6.92 Å². The first-order valence-electron chi connectivity index (χ1n) is 4.89. The Morgan fingerprint density at radius 3 is 2.44 bits per heavy atom. The molecule has 80 valence electrons. The lowest BCUT2D eigenvalue weighted by Gasteiger charge is -2.01. The average Bonchev–Trinajstić information content (AvgIpc) is 2.29. The van der Waals surface area contributed by atoms with Crippen LogP contribution in [0, 0.1) is 6.92 Å². The molecule has 0 fully saturated rings. The molecule has 0 aliphatic rings. The number of hydrogen-bond donors (Lipinski definition) is 0. The van der Waals surface area contributed by atoms with E-state index >= 15 is 0 Å².